The molecule has 0 spiro atoms. The van der Waals surface area contributed by atoms with Crippen molar-refractivity contribution in [3.8, 4) is 0 Å². The van der Waals surface area contributed by atoms with Gasteiger partial charge < -0.3 is 14.6 Å². The molecule has 0 radical (unpaired) electrons. The Morgan fingerprint density at radius 1 is 0.853 bits per heavy atom. The van der Waals surface area contributed by atoms with E-state index in [2.05, 4.69) is 0 Å². The van der Waals surface area contributed by atoms with Gasteiger partial charge in [0, 0.05) is 24.0 Å². The fourth-order valence-electron chi connectivity index (χ4n) is 3.26. The molecular weight excluding hydrogens is 438 g/mol. The molecule has 8 heteroatoms. The standard InChI is InChI=1S/C23H23NO5.C3H6O2/c1-4-19(25)24-18-14-16(23(27)29-6-3)12-13-17(18)20(22(24)26)21(28-5-2)15-10-8-7-9-11-15;1-2-3(4)5/h7-14H,4-6H2,1-3H3;2H2,1H3,(H,4,5). The van der Waals surface area contributed by atoms with Crippen molar-refractivity contribution < 1.29 is 33.8 Å². The molecule has 1 aliphatic rings. The maximum absolute atomic E-state index is 13.3. The molecule has 34 heavy (non-hydrogen) atoms. The molecule has 1 N–H and O–H groups in total. The van der Waals surface area contributed by atoms with Crippen molar-refractivity contribution in [2.24, 2.45) is 0 Å². The maximum Gasteiger partial charge on any atom is 0.338 e. The molecule has 0 saturated carbocycles. The molecule has 2 aromatic carbocycles. The summed E-state index contributed by atoms with van der Waals surface area (Å²) in [5.41, 5.74) is 2.26. The number of benzene rings is 2. The predicted octanol–water partition coefficient (Wildman–Crippen LogP) is 4.53. The highest BCUT2D eigenvalue weighted by Crippen LogP contribution is 2.42. The van der Waals surface area contributed by atoms with Gasteiger partial charge in [-0.1, -0.05) is 50.2 Å². The number of carbonyl (C=O) groups excluding carboxylic acids is 3. The third-order valence-corrected chi connectivity index (χ3v) is 4.84. The van der Waals surface area contributed by atoms with Crippen LogP contribution in [-0.2, 0) is 23.9 Å². The number of fused-ring (bicyclic) bond motifs is 1. The number of hydrogen-bond donors (Lipinski definition) is 1. The van der Waals surface area contributed by atoms with Crippen LogP contribution in [0.2, 0.25) is 0 Å². The number of nitrogens with zero attached hydrogens (tertiary/aromatic N) is 1. The zero-order chi connectivity index (χ0) is 25.3. The van der Waals surface area contributed by atoms with Crippen LogP contribution in [-0.4, -0.2) is 42.1 Å². The van der Waals surface area contributed by atoms with E-state index in [9.17, 15) is 19.2 Å². The molecule has 0 saturated heterocycles. The molecular formula is C26H29NO7. The van der Waals surface area contributed by atoms with Gasteiger partial charge in [-0.3, -0.25) is 14.4 Å². The lowest BCUT2D eigenvalue weighted by atomic mass is 10.0. The van der Waals surface area contributed by atoms with Crippen LogP contribution in [0.4, 0.5) is 5.69 Å². The zero-order valence-electron chi connectivity index (χ0n) is 19.8. The van der Waals surface area contributed by atoms with Crippen LogP contribution in [0, 0.1) is 0 Å². The second kappa shape index (κ2) is 12.3. The van der Waals surface area contributed by atoms with Crippen molar-refractivity contribution >= 4 is 40.8 Å². The number of hydrogen-bond acceptors (Lipinski definition) is 6. The molecule has 0 unspecified atom stereocenters. The van der Waals surface area contributed by atoms with Crippen LogP contribution in [0.5, 0.6) is 0 Å². The molecule has 8 nitrogen and oxygen atoms in total. The Bertz CT molecular complexity index is 1090. The smallest absolute Gasteiger partial charge is 0.338 e. The lowest BCUT2D eigenvalue weighted by Gasteiger charge is -2.15. The van der Waals surface area contributed by atoms with E-state index in [0.29, 0.717) is 29.2 Å². The van der Waals surface area contributed by atoms with Gasteiger partial charge in [-0.2, -0.15) is 0 Å². The number of carboxylic acids is 1. The summed E-state index contributed by atoms with van der Waals surface area (Å²) in [4.78, 5) is 48.5. The van der Waals surface area contributed by atoms with Crippen LogP contribution in [0.25, 0.3) is 11.3 Å². The van der Waals surface area contributed by atoms with E-state index in [0.717, 1.165) is 10.5 Å². The SMILES string of the molecule is CCC(=O)O.CCOC(=O)c1ccc2c(c1)N(C(=O)CC)C(=O)C2=C(OCC)c1ccccc1. The van der Waals surface area contributed by atoms with Crippen molar-refractivity contribution in [2.45, 2.75) is 40.5 Å². The predicted molar refractivity (Wildman–Crippen MR) is 128 cm³/mol. The fraction of sp³-hybridized carbons (Fsp3) is 0.308. The number of rotatable bonds is 7. The molecule has 0 fully saturated rings. The topological polar surface area (TPSA) is 110 Å². The summed E-state index contributed by atoms with van der Waals surface area (Å²) in [6, 6.07) is 14.1. The highest BCUT2D eigenvalue weighted by molar-refractivity contribution is 6.43. The highest BCUT2D eigenvalue weighted by atomic mass is 16.5. The Hall–Kier alpha value is -3.94. The maximum atomic E-state index is 13.3. The normalized spacial score (nSPS) is 13.4. The molecule has 2 amide bonds. The Balaban J connectivity index is 0.000000739. The van der Waals surface area contributed by atoms with Crippen molar-refractivity contribution in [2.75, 3.05) is 18.1 Å². The minimum atomic E-state index is -0.745. The van der Waals surface area contributed by atoms with Crippen molar-refractivity contribution in [3.63, 3.8) is 0 Å². The lowest BCUT2D eigenvalue weighted by molar-refractivity contribution is -0.136. The average Bonchev–Trinajstić information content (AvgIpc) is 3.13. The molecule has 3 rings (SSSR count). The highest BCUT2D eigenvalue weighted by Gasteiger charge is 2.39. The number of imide groups is 1. The lowest BCUT2D eigenvalue weighted by Crippen LogP contribution is -2.33. The van der Waals surface area contributed by atoms with Gasteiger partial charge in [0.05, 0.1) is 30.0 Å². The van der Waals surface area contributed by atoms with Gasteiger partial charge in [0.2, 0.25) is 5.91 Å². The summed E-state index contributed by atoms with van der Waals surface area (Å²) in [5, 5.41) is 7.72. The third kappa shape index (κ3) is 5.89. The number of esters is 1. The van der Waals surface area contributed by atoms with Crippen LogP contribution >= 0.6 is 0 Å². The van der Waals surface area contributed by atoms with E-state index in [1.54, 1.807) is 32.9 Å². The van der Waals surface area contributed by atoms with Gasteiger partial charge in [-0.05, 0) is 26.0 Å². The molecule has 2 aromatic rings. The van der Waals surface area contributed by atoms with E-state index >= 15 is 0 Å². The quantitative estimate of drug-likeness (QED) is 0.362. The van der Waals surface area contributed by atoms with E-state index in [4.69, 9.17) is 14.6 Å². The largest absolute Gasteiger partial charge is 0.492 e. The van der Waals surface area contributed by atoms with E-state index in [-0.39, 0.29) is 30.9 Å². The molecule has 0 aliphatic carbocycles. The summed E-state index contributed by atoms with van der Waals surface area (Å²) in [6.45, 7) is 7.44. The first-order valence-corrected chi connectivity index (χ1v) is 11.1. The summed E-state index contributed by atoms with van der Waals surface area (Å²) < 4.78 is 10.9. The van der Waals surface area contributed by atoms with Crippen molar-refractivity contribution in [1.82, 2.24) is 0 Å². The van der Waals surface area contributed by atoms with Crippen molar-refractivity contribution in [3.05, 3.63) is 65.2 Å². The Morgan fingerprint density at radius 2 is 1.47 bits per heavy atom. The van der Waals surface area contributed by atoms with Gasteiger partial charge in [-0.25, -0.2) is 9.69 Å². The molecule has 1 aliphatic heterocycles. The van der Waals surface area contributed by atoms with Crippen LogP contribution in [0.3, 0.4) is 0 Å². The van der Waals surface area contributed by atoms with Gasteiger partial charge >= 0.3 is 11.9 Å². The Labute approximate surface area is 198 Å². The third-order valence-electron chi connectivity index (χ3n) is 4.84. The number of carbonyl (C=O) groups is 4. The first-order valence-electron chi connectivity index (χ1n) is 11.1. The van der Waals surface area contributed by atoms with E-state index in [1.165, 1.54) is 6.07 Å². The Kier molecular flexibility index (Phi) is 9.55. The second-order valence-electron chi connectivity index (χ2n) is 7.09. The average molecular weight is 468 g/mol. The summed E-state index contributed by atoms with van der Waals surface area (Å²) in [6.07, 6.45) is 0.372. The number of ether oxygens (including phenoxy) is 2. The summed E-state index contributed by atoms with van der Waals surface area (Å²) in [7, 11) is 0. The van der Waals surface area contributed by atoms with Crippen LogP contribution < -0.4 is 4.90 Å². The zero-order valence-corrected chi connectivity index (χ0v) is 19.8. The molecule has 0 bridgehead atoms. The van der Waals surface area contributed by atoms with Gasteiger partial charge in [0.15, 0.2) is 0 Å². The summed E-state index contributed by atoms with van der Waals surface area (Å²) >= 11 is 0. The van der Waals surface area contributed by atoms with Crippen LogP contribution in [0.15, 0.2) is 48.5 Å². The molecule has 180 valence electrons. The van der Waals surface area contributed by atoms with Gasteiger partial charge in [0.25, 0.3) is 5.91 Å². The van der Waals surface area contributed by atoms with Gasteiger partial charge in [0.1, 0.15) is 5.76 Å². The molecule has 1 heterocycles. The summed E-state index contributed by atoms with van der Waals surface area (Å²) in [5.74, 6) is -1.65. The molecule has 0 aromatic heterocycles. The fourth-order valence-corrected chi connectivity index (χ4v) is 3.26. The minimum absolute atomic E-state index is 0.150. The van der Waals surface area contributed by atoms with E-state index < -0.39 is 17.8 Å². The number of anilines is 1. The first-order chi connectivity index (χ1) is 16.3. The molecule has 0 atom stereocenters. The second-order valence-corrected chi connectivity index (χ2v) is 7.09. The number of aliphatic carboxylic acids is 1. The van der Waals surface area contributed by atoms with Crippen molar-refractivity contribution in [1.29, 1.82) is 0 Å². The van der Waals surface area contributed by atoms with Crippen LogP contribution in [0.1, 0.15) is 62.0 Å². The minimum Gasteiger partial charge on any atom is -0.492 e. The van der Waals surface area contributed by atoms with E-state index in [1.807, 2.05) is 37.3 Å². The monoisotopic (exact) mass is 467 g/mol. The Morgan fingerprint density at radius 3 is 2.00 bits per heavy atom. The number of carboxylic acid groups (broad SMARTS) is 1. The first kappa shape index (κ1) is 26.3. The number of amides is 2. The van der Waals surface area contributed by atoms with Gasteiger partial charge in [-0.15, -0.1) is 0 Å².